The van der Waals surface area contributed by atoms with E-state index < -0.39 is 11.9 Å². The first kappa shape index (κ1) is 28.1. The van der Waals surface area contributed by atoms with Gasteiger partial charge >= 0.3 is 6.18 Å². The van der Waals surface area contributed by atoms with Crippen LogP contribution in [0, 0.1) is 20.8 Å². The molecule has 0 aliphatic carbocycles. The molecule has 1 heterocycles. The van der Waals surface area contributed by atoms with Crippen molar-refractivity contribution in [1.82, 2.24) is 0 Å². The number of furan rings is 1. The molecule has 2 N–H and O–H groups in total. The Balaban J connectivity index is 0.000000242. The van der Waals surface area contributed by atoms with E-state index in [0.29, 0.717) is 12.1 Å². The SMILES string of the molecule is CC(Br)c1ccc(C(F)(F)F)o1.Cc1cc(C)c(CN)c(C)c1.O=Cc1ccc(Br)cc1. The van der Waals surface area contributed by atoms with Gasteiger partial charge in [0.1, 0.15) is 12.0 Å². The summed E-state index contributed by atoms with van der Waals surface area (Å²) in [5.74, 6) is -0.675. The minimum absolute atomic E-state index is 0.200. The quantitative estimate of drug-likeness (QED) is 0.253. The van der Waals surface area contributed by atoms with Gasteiger partial charge in [-0.1, -0.05) is 61.7 Å². The summed E-state index contributed by atoms with van der Waals surface area (Å²) in [4.78, 5) is 9.90. The molecule has 8 heteroatoms. The highest BCUT2D eigenvalue weighted by atomic mass is 79.9. The van der Waals surface area contributed by atoms with E-state index in [0.717, 1.165) is 16.8 Å². The fourth-order valence-electron chi connectivity index (χ4n) is 2.79. The summed E-state index contributed by atoms with van der Waals surface area (Å²) in [5, 5.41) is 0. The summed E-state index contributed by atoms with van der Waals surface area (Å²) in [5.41, 5.74) is 11.5. The molecular formula is C24H26Br2F3NO2. The van der Waals surface area contributed by atoms with E-state index in [-0.39, 0.29) is 10.6 Å². The van der Waals surface area contributed by atoms with Gasteiger partial charge < -0.3 is 10.2 Å². The smallest absolute Gasteiger partial charge is 0.449 e. The van der Waals surface area contributed by atoms with Crippen molar-refractivity contribution in [2.75, 3.05) is 0 Å². The molecule has 174 valence electrons. The first-order valence-corrected chi connectivity index (χ1v) is 11.4. The number of carbonyl (C=O) groups excluding carboxylic acids is 1. The number of benzene rings is 2. The van der Waals surface area contributed by atoms with Crippen molar-refractivity contribution >= 4 is 38.1 Å². The van der Waals surface area contributed by atoms with E-state index in [2.05, 4.69) is 69.2 Å². The number of rotatable bonds is 3. The molecule has 0 fully saturated rings. The molecule has 1 atom stereocenters. The summed E-state index contributed by atoms with van der Waals surface area (Å²) in [6, 6.07) is 13.8. The standard InChI is InChI=1S/C10H15N.C7H6BrF3O.C7H5BrO/c1-7-4-8(2)10(6-11)9(3)5-7;1-4(8)5-2-3-6(12-5)7(9,10)11;8-7-3-1-6(5-9)2-4-7/h4-5H,6,11H2,1-3H3;2-4H,1H3;1-5H. The highest BCUT2D eigenvalue weighted by Crippen LogP contribution is 2.33. The van der Waals surface area contributed by atoms with Crippen LogP contribution in [0.4, 0.5) is 13.2 Å². The maximum absolute atomic E-state index is 12.0. The molecule has 0 bridgehead atoms. The highest BCUT2D eigenvalue weighted by Gasteiger charge is 2.34. The zero-order chi connectivity index (χ0) is 24.5. The number of carbonyl (C=O) groups is 1. The average Bonchev–Trinajstić information content (AvgIpc) is 3.20. The normalized spacial score (nSPS) is 11.6. The molecule has 0 aliphatic rings. The van der Waals surface area contributed by atoms with Gasteiger partial charge in [-0.05, 0) is 68.7 Å². The fraction of sp³-hybridized carbons (Fsp3) is 0.292. The number of halogens is 5. The van der Waals surface area contributed by atoms with E-state index in [4.69, 9.17) is 5.73 Å². The molecular weight excluding hydrogens is 551 g/mol. The first-order valence-electron chi connectivity index (χ1n) is 9.67. The Morgan fingerprint density at radius 3 is 1.91 bits per heavy atom. The van der Waals surface area contributed by atoms with Crippen molar-refractivity contribution in [1.29, 1.82) is 0 Å². The van der Waals surface area contributed by atoms with Crippen LogP contribution in [0.1, 0.15) is 55.9 Å². The van der Waals surface area contributed by atoms with Crippen molar-refractivity contribution in [2.45, 2.75) is 45.2 Å². The van der Waals surface area contributed by atoms with Crippen molar-refractivity contribution in [3.8, 4) is 0 Å². The average molecular weight is 577 g/mol. The van der Waals surface area contributed by atoms with Gasteiger partial charge in [0.2, 0.25) is 5.76 Å². The van der Waals surface area contributed by atoms with Gasteiger partial charge in [0.05, 0.1) is 4.83 Å². The lowest BCUT2D eigenvalue weighted by Gasteiger charge is -2.07. The Labute approximate surface area is 203 Å². The largest absolute Gasteiger partial charge is 0.455 e. The third kappa shape index (κ3) is 9.30. The lowest BCUT2D eigenvalue weighted by molar-refractivity contribution is -0.153. The second kappa shape index (κ2) is 13.0. The minimum Gasteiger partial charge on any atom is -0.455 e. The molecule has 0 radical (unpaired) electrons. The third-order valence-corrected chi connectivity index (χ3v) is 5.33. The second-order valence-corrected chi connectivity index (χ2v) is 9.36. The number of aryl methyl sites for hydroxylation is 3. The van der Waals surface area contributed by atoms with Crippen LogP contribution in [-0.4, -0.2) is 6.29 Å². The predicted octanol–water partition coefficient (Wildman–Crippen LogP) is 8.09. The topological polar surface area (TPSA) is 56.2 Å². The zero-order valence-corrected chi connectivity index (χ0v) is 21.4. The van der Waals surface area contributed by atoms with Gasteiger partial charge in [0, 0.05) is 16.6 Å². The van der Waals surface area contributed by atoms with Gasteiger partial charge in [-0.2, -0.15) is 13.2 Å². The summed E-state index contributed by atoms with van der Waals surface area (Å²) in [6.07, 6.45) is -3.56. The Morgan fingerprint density at radius 1 is 1.03 bits per heavy atom. The van der Waals surface area contributed by atoms with Crippen LogP contribution in [0.5, 0.6) is 0 Å². The molecule has 0 aliphatic heterocycles. The molecule has 3 aromatic rings. The fourth-order valence-corrected chi connectivity index (χ4v) is 3.30. The second-order valence-electron chi connectivity index (χ2n) is 7.07. The van der Waals surface area contributed by atoms with Crippen LogP contribution < -0.4 is 5.73 Å². The van der Waals surface area contributed by atoms with E-state index in [1.54, 1.807) is 19.1 Å². The highest BCUT2D eigenvalue weighted by molar-refractivity contribution is 9.10. The number of aldehydes is 1. The van der Waals surface area contributed by atoms with Gasteiger partial charge in [-0.25, -0.2) is 0 Å². The Hall–Kier alpha value is -1.90. The molecule has 2 aromatic carbocycles. The molecule has 1 aromatic heterocycles. The Bertz CT molecular complexity index is 974. The Morgan fingerprint density at radius 2 is 1.56 bits per heavy atom. The van der Waals surface area contributed by atoms with Gasteiger partial charge in [-0.3, -0.25) is 4.79 Å². The van der Waals surface area contributed by atoms with Crippen LogP contribution in [0.3, 0.4) is 0 Å². The lowest BCUT2D eigenvalue weighted by atomic mass is 10.0. The van der Waals surface area contributed by atoms with Crippen molar-refractivity contribution < 1.29 is 22.4 Å². The number of alkyl halides is 4. The molecule has 3 rings (SSSR count). The summed E-state index contributed by atoms with van der Waals surface area (Å²) in [7, 11) is 0. The number of hydrogen-bond acceptors (Lipinski definition) is 3. The molecule has 0 saturated carbocycles. The molecule has 1 unspecified atom stereocenters. The number of nitrogens with two attached hydrogens (primary N) is 1. The molecule has 3 nitrogen and oxygen atoms in total. The minimum atomic E-state index is -4.39. The molecule has 0 saturated heterocycles. The van der Waals surface area contributed by atoms with Crippen molar-refractivity contribution in [2.24, 2.45) is 5.73 Å². The van der Waals surface area contributed by atoms with Gasteiger partial charge in [0.15, 0.2) is 0 Å². The lowest BCUT2D eigenvalue weighted by Crippen LogP contribution is -2.02. The van der Waals surface area contributed by atoms with Crippen molar-refractivity contribution in [3.63, 3.8) is 0 Å². The summed E-state index contributed by atoms with van der Waals surface area (Å²) < 4.78 is 41.4. The first-order chi connectivity index (χ1) is 14.9. The van der Waals surface area contributed by atoms with E-state index >= 15 is 0 Å². The maximum atomic E-state index is 12.0. The number of hydrogen-bond donors (Lipinski definition) is 1. The monoisotopic (exact) mass is 575 g/mol. The van der Waals surface area contributed by atoms with Crippen LogP contribution in [0.15, 0.2) is 57.4 Å². The third-order valence-electron chi connectivity index (χ3n) is 4.35. The Kier molecular flexibility index (Phi) is 11.4. The zero-order valence-electron chi connectivity index (χ0n) is 18.3. The van der Waals surface area contributed by atoms with Crippen LogP contribution in [-0.2, 0) is 12.7 Å². The summed E-state index contributed by atoms with van der Waals surface area (Å²) >= 11 is 6.36. The maximum Gasteiger partial charge on any atom is 0.449 e. The van der Waals surface area contributed by atoms with Crippen LogP contribution in [0.2, 0.25) is 0 Å². The summed E-state index contributed by atoms with van der Waals surface area (Å²) in [6.45, 7) is 8.68. The van der Waals surface area contributed by atoms with Crippen molar-refractivity contribution in [3.05, 3.63) is 92.3 Å². The van der Waals surface area contributed by atoms with E-state index in [1.165, 1.54) is 28.3 Å². The van der Waals surface area contributed by atoms with Gasteiger partial charge in [-0.15, -0.1) is 0 Å². The molecule has 32 heavy (non-hydrogen) atoms. The van der Waals surface area contributed by atoms with Crippen LogP contribution in [0.25, 0.3) is 0 Å². The van der Waals surface area contributed by atoms with Gasteiger partial charge in [0.25, 0.3) is 0 Å². The van der Waals surface area contributed by atoms with Crippen LogP contribution >= 0.6 is 31.9 Å². The predicted molar refractivity (Wildman–Crippen MR) is 129 cm³/mol. The molecule has 0 amide bonds. The van der Waals surface area contributed by atoms with E-state index in [1.807, 2.05) is 12.1 Å². The molecule has 0 spiro atoms. The van der Waals surface area contributed by atoms with E-state index in [9.17, 15) is 18.0 Å².